The van der Waals surface area contributed by atoms with Gasteiger partial charge in [-0.05, 0) is 18.2 Å². The lowest BCUT2D eigenvalue weighted by atomic mass is 10.3. The zero-order valence-corrected chi connectivity index (χ0v) is 11.4. The molecule has 108 valence electrons. The van der Waals surface area contributed by atoms with Crippen LogP contribution in [-0.4, -0.2) is 47.0 Å². The minimum atomic E-state index is -3.88. The van der Waals surface area contributed by atoms with Crippen LogP contribution in [0, 0.1) is 5.82 Å². The van der Waals surface area contributed by atoms with Gasteiger partial charge in [-0.1, -0.05) is 0 Å². The highest BCUT2D eigenvalue weighted by atomic mass is 32.2. The molecular formula is C11H16FNO5S. The van der Waals surface area contributed by atoms with Gasteiger partial charge in [-0.15, -0.1) is 0 Å². The van der Waals surface area contributed by atoms with Gasteiger partial charge in [0.1, 0.15) is 0 Å². The Hall–Kier alpha value is -1.22. The lowest BCUT2D eigenvalue weighted by Crippen LogP contribution is -2.34. The molecular weight excluding hydrogens is 277 g/mol. The topological polar surface area (TPSA) is 84.9 Å². The van der Waals surface area contributed by atoms with E-state index in [9.17, 15) is 17.9 Å². The largest absolute Gasteiger partial charge is 0.494 e. The van der Waals surface area contributed by atoms with Crippen molar-refractivity contribution in [3.8, 4) is 5.75 Å². The summed E-state index contributed by atoms with van der Waals surface area (Å²) < 4.78 is 48.6. The summed E-state index contributed by atoms with van der Waals surface area (Å²) in [7, 11) is -1.21. The van der Waals surface area contributed by atoms with Crippen molar-refractivity contribution in [1.82, 2.24) is 4.72 Å². The van der Waals surface area contributed by atoms with Crippen molar-refractivity contribution in [2.75, 3.05) is 27.4 Å². The molecule has 0 heterocycles. The SMILES string of the molecule is COCC(O)CNS(=O)(=O)c1ccc(OC)c(F)c1. The fraction of sp³-hybridized carbons (Fsp3) is 0.455. The smallest absolute Gasteiger partial charge is 0.240 e. The molecule has 0 aliphatic carbocycles. The molecule has 0 spiro atoms. The maximum atomic E-state index is 13.4. The number of aliphatic hydroxyl groups is 1. The zero-order chi connectivity index (χ0) is 14.5. The minimum absolute atomic E-state index is 0.000502. The summed E-state index contributed by atoms with van der Waals surface area (Å²) in [6.07, 6.45) is -0.970. The van der Waals surface area contributed by atoms with Crippen molar-refractivity contribution in [3.63, 3.8) is 0 Å². The first kappa shape index (κ1) is 15.8. The molecule has 1 atom stereocenters. The Bertz CT molecular complexity index is 520. The molecule has 8 heteroatoms. The number of methoxy groups -OCH3 is 2. The third-order valence-corrected chi connectivity index (χ3v) is 3.72. The molecule has 0 fully saturated rings. The molecule has 0 aromatic heterocycles. The number of sulfonamides is 1. The summed E-state index contributed by atoms with van der Waals surface area (Å²) in [6, 6.07) is 3.28. The average Bonchev–Trinajstić information content (AvgIpc) is 2.37. The minimum Gasteiger partial charge on any atom is -0.494 e. The predicted molar refractivity (Wildman–Crippen MR) is 66.0 cm³/mol. The van der Waals surface area contributed by atoms with E-state index in [4.69, 9.17) is 4.74 Å². The van der Waals surface area contributed by atoms with Gasteiger partial charge in [-0.25, -0.2) is 17.5 Å². The molecule has 1 aromatic rings. The van der Waals surface area contributed by atoms with E-state index in [0.29, 0.717) is 0 Å². The Balaban J connectivity index is 2.80. The molecule has 19 heavy (non-hydrogen) atoms. The Morgan fingerprint density at radius 1 is 1.42 bits per heavy atom. The van der Waals surface area contributed by atoms with Gasteiger partial charge >= 0.3 is 0 Å². The van der Waals surface area contributed by atoms with E-state index in [2.05, 4.69) is 9.46 Å². The standard InChI is InChI=1S/C11H16FNO5S/c1-17-7-8(14)6-13-19(15,16)9-3-4-11(18-2)10(12)5-9/h3-5,8,13-14H,6-7H2,1-2H3. The molecule has 0 saturated heterocycles. The van der Waals surface area contributed by atoms with Gasteiger partial charge < -0.3 is 14.6 Å². The van der Waals surface area contributed by atoms with E-state index in [1.54, 1.807) is 0 Å². The molecule has 0 aliphatic heterocycles. The van der Waals surface area contributed by atoms with Crippen LogP contribution in [0.15, 0.2) is 23.1 Å². The van der Waals surface area contributed by atoms with Gasteiger partial charge in [-0.3, -0.25) is 0 Å². The van der Waals surface area contributed by atoms with Gasteiger partial charge in [0, 0.05) is 13.7 Å². The van der Waals surface area contributed by atoms with Crippen LogP contribution in [0.2, 0.25) is 0 Å². The van der Waals surface area contributed by atoms with Crippen LogP contribution < -0.4 is 9.46 Å². The van der Waals surface area contributed by atoms with E-state index in [1.165, 1.54) is 26.4 Å². The number of hydrogen-bond acceptors (Lipinski definition) is 5. The lowest BCUT2D eigenvalue weighted by Gasteiger charge is -2.11. The highest BCUT2D eigenvalue weighted by molar-refractivity contribution is 7.89. The second-order valence-corrected chi connectivity index (χ2v) is 5.52. The number of nitrogens with one attached hydrogen (secondary N) is 1. The molecule has 0 radical (unpaired) electrons. The Morgan fingerprint density at radius 3 is 2.63 bits per heavy atom. The first-order valence-electron chi connectivity index (χ1n) is 5.41. The summed E-state index contributed by atoms with van der Waals surface area (Å²) in [5, 5.41) is 9.35. The number of benzene rings is 1. The Kier molecular flexibility index (Phi) is 5.67. The van der Waals surface area contributed by atoms with Crippen LogP contribution in [0.1, 0.15) is 0 Å². The quantitative estimate of drug-likeness (QED) is 0.746. The van der Waals surface area contributed by atoms with Crippen molar-refractivity contribution in [1.29, 1.82) is 0 Å². The van der Waals surface area contributed by atoms with E-state index < -0.39 is 21.9 Å². The number of aliphatic hydroxyl groups excluding tert-OH is 1. The molecule has 6 nitrogen and oxygen atoms in total. The van der Waals surface area contributed by atoms with Crippen molar-refractivity contribution in [2.24, 2.45) is 0 Å². The molecule has 0 bridgehead atoms. The third-order valence-electron chi connectivity index (χ3n) is 2.30. The first-order chi connectivity index (χ1) is 8.90. The lowest BCUT2D eigenvalue weighted by molar-refractivity contribution is 0.0679. The molecule has 1 rings (SSSR count). The number of halogens is 1. The van der Waals surface area contributed by atoms with E-state index in [-0.39, 0.29) is 23.8 Å². The summed E-state index contributed by atoms with van der Waals surface area (Å²) in [5.74, 6) is -0.818. The first-order valence-corrected chi connectivity index (χ1v) is 6.89. The maximum absolute atomic E-state index is 13.4. The second-order valence-electron chi connectivity index (χ2n) is 3.76. The Morgan fingerprint density at radius 2 is 2.11 bits per heavy atom. The molecule has 0 saturated carbocycles. The van der Waals surface area contributed by atoms with E-state index in [1.807, 2.05) is 0 Å². The van der Waals surface area contributed by atoms with Crippen molar-refractivity contribution in [3.05, 3.63) is 24.0 Å². The number of ether oxygens (including phenoxy) is 2. The molecule has 1 aromatic carbocycles. The normalized spacial score (nSPS) is 13.3. The van der Waals surface area contributed by atoms with Crippen molar-refractivity contribution in [2.45, 2.75) is 11.0 Å². The average molecular weight is 293 g/mol. The van der Waals surface area contributed by atoms with Crippen molar-refractivity contribution < 1.29 is 27.4 Å². The number of rotatable bonds is 7. The highest BCUT2D eigenvalue weighted by Gasteiger charge is 2.17. The monoisotopic (exact) mass is 293 g/mol. The van der Waals surface area contributed by atoms with E-state index in [0.717, 1.165) is 6.07 Å². The summed E-state index contributed by atoms with van der Waals surface area (Å²) in [4.78, 5) is -0.240. The third kappa shape index (κ3) is 4.43. The highest BCUT2D eigenvalue weighted by Crippen LogP contribution is 2.20. The van der Waals surface area contributed by atoms with Crippen LogP contribution in [0.25, 0.3) is 0 Å². The van der Waals surface area contributed by atoms with Crippen LogP contribution in [-0.2, 0) is 14.8 Å². The van der Waals surface area contributed by atoms with E-state index >= 15 is 0 Å². The van der Waals surface area contributed by atoms with Crippen LogP contribution in [0.4, 0.5) is 4.39 Å². The maximum Gasteiger partial charge on any atom is 0.240 e. The van der Waals surface area contributed by atoms with Crippen LogP contribution >= 0.6 is 0 Å². The molecule has 2 N–H and O–H groups in total. The van der Waals surface area contributed by atoms with Gasteiger partial charge in [0.15, 0.2) is 11.6 Å². The van der Waals surface area contributed by atoms with Gasteiger partial charge in [0.25, 0.3) is 0 Å². The second kappa shape index (κ2) is 6.80. The molecule has 0 aliphatic rings. The predicted octanol–water partition coefficient (Wildman–Crippen LogP) is 0.120. The summed E-state index contributed by atoms with van der Waals surface area (Å²) >= 11 is 0. The molecule has 1 unspecified atom stereocenters. The van der Waals surface area contributed by atoms with Crippen molar-refractivity contribution >= 4 is 10.0 Å². The van der Waals surface area contributed by atoms with Crippen LogP contribution in [0.5, 0.6) is 5.75 Å². The summed E-state index contributed by atoms with van der Waals surface area (Å²) in [6.45, 7) is -0.219. The zero-order valence-electron chi connectivity index (χ0n) is 10.6. The Labute approximate surface area is 111 Å². The number of hydrogen-bond donors (Lipinski definition) is 2. The summed E-state index contributed by atoms with van der Waals surface area (Å²) in [5.41, 5.74) is 0. The van der Waals surface area contributed by atoms with Gasteiger partial charge in [0.05, 0.1) is 24.7 Å². The fourth-order valence-electron chi connectivity index (χ4n) is 1.35. The molecule has 0 amide bonds. The van der Waals surface area contributed by atoms with Gasteiger partial charge in [-0.2, -0.15) is 0 Å². The fourth-order valence-corrected chi connectivity index (χ4v) is 2.44. The van der Waals surface area contributed by atoms with Gasteiger partial charge in [0.2, 0.25) is 10.0 Å². The van der Waals surface area contributed by atoms with Crippen LogP contribution in [0.3, 0.4) is 0 Å².